The minimum atomic E-state index is -0.0664. The third-order valence-electron chi connectivity index (χ3n) is 4.00. The van der Waals surface area contributed by atoms with Gasteiger partial charge < -0.3 is 9.32 Å². The smallest absolute Gasteiger partial charge is 0.223 e. The highest BCUT2D eigenvalue weighted by molar-refractivity contribution is 7.09. The number of fused-ring (bicyclic) bond motifs is 1. The monoisotopic (exact) mass is 313 g/mol. The highest BCUT2D eigenvalue weighted by atomic mass is 32.1. The Balaban J connectivity index is 1.67. The Labute approximate surface area is 134 Å². The van der Waals surface area contributed by atoms with Gasteiger partial charge in [-0.2, -0.15) is 0 Å². The van der Waals surface area contributed by atoms with Gasteiger partial charge in [-0.05, 0) is 36.9 Å². The number of furan rings is 1. The predicted octanol–water partition coefficient (Wildman–Crippen LogP) is 4.65. The minimum Gasteiger partial charge on any atom is -0.459 e. The molecule has 2 aromatic heterocycles. The lowest BCUT2D eigenvalue weighted by molar-refractivity contribution is -0.132. The molecule has 0 saturated heterocycles. The molecule has 0 N–H and O–H groups in total. The highest BCUT2D eigenvalue weighted by Gasteiger charge is 2.20. The van der Waals surface area contributed by atoms with E-state index in [0.717, 1.165) is 23.2 Å². The number of aryl methyl sites for hydroxylation is 1. The first-order valence-electron chi connectivity index (χ1n) is 7.41. The van der Waals surface area contributed by atoms with E-state index in [-0.39, 0.29) is 11.9 Å². The van der Waals surface area contributed by atoms with Gasteiger partial charge in [0.1, 0.15) is 11.3 Å². The second-order valence-corrected chi connectivity index (χ2v) is 6.48. The second kappa shape index (κ2) is 6.36. The Morgan fingerprint density at radius 3 is 2.82 bits per heavy atom. The summed E-state index contributed by atoms with van der Waals surface area (Å²) in [6.45, 7) is 2.00. The number of carbonyl (C=O) groups excluding carboxylic acids is 1. The highest BCUT2D eigenvalue weighted by Crippen LogP contribution is 2.27. The Bertz CT molecular complexity index is 727. The SMILES string of the molecule is CC(c1cc2ccccc2o1)N(C)C(=O)CCc1cccs1. The summed E-state index contributed by atoms with van der Waals surface area (Å²) in [6, 6.07) is 14.0. The van der Waals surface area contributed by atoms with Crippen molar-refractivity contribution in [2.24, 2.45) is 0 Å². The van der Waals surface area contributed by atoms with E-state index in [0.29, 0.717) is 6.42 Å². The van der Waals surface area contributed by atoms with Crippen LogP contribution in [0.5, 0.6) is 0 Å². The van der Waals surface area contributed by atoms with Crippen LogP contribution in [-0.2, 0) is 11.2 Å². The topological polar surface area (TPSA) is 33.5 Å². The van der Waals surface area contributed by atoms with E-state index in [2.05, 4.69) is 6.07 Å². The minimum absolute atomic E-state index is 0.0664. The Kier molecular flexibility index (Phi) is 4.29. The van der Waals surface area contributed by atoms with Crippen molar-refractivity contribution in [3.8, 4) is 0 Å². The fourth-order valence-corrected chi connectivity index (χ4v) is 3.19. The molecule has 1 aromatic carbocycles. The molecule has 2 heterocycles. The number of rotatable bonds is 5. The van der Waals surface area contributed by atoms with Crippen molar-refractivity contribution in [2.75, 3.05) is 7.05 Å². The van der Waals surface area contributed by atoms with Crippen molar-refractivity contribution in [1.29, 1.82) is 0 Å². The summed E-state index contributed by atoms with van der Waals surface area (Å²) in [4.78, 5) is 15.4. The molecule has 0 aliphatic carbocycles. The standard InChI is InChI=1S/C18H19NO2S/c1-13(17-12-14-6-3-4-8-16(14)21-17)19(2)18(20)10-9-15-7-5-11-22-15/h3-8,11-13H,9-10H2,1-2H3. The van der Waals surface area contributed by atoms with Crippen LogP contribution in [0.3, 0.4) is 0 Å². The zero-order valence-corrected chi connectivity index (χ0v) is 13.6. The van der Waals surface area contributed by atoms with E-state index in [1.165, 1.54) is 4.88 Å². The second-order valence-electron chi connectivity index (χ2n) is 5.45. The van der Waals surface area contributed by atoms with Crippen LogP contribution >= 0.6 is 11.3 Å². The van der Waals surface area contributed by atoms with E-state index in [4.69, 9.17) is 4.42 Å². The van der Waals surface area contributed by atoms with E-state index in [1.54, 1.807) is 16.2 Å². The van der Waals surface area contributed by atoms with Crippen LogP contribution < -0.4 is 0 Å². The van der Waals surface area contributed by atoms with Crippen LogP contribution in [0.2, 0.25) is 0 Å². The average Bonchev–Trinajstić information content (AvgIpc) is 3.19. The van der Waals surface area contributed by atoms with Crippen LogP contribution in [0, 0.1) is 0 Å². The van der Waals surface area contributed by atoms with Crippen LogP contribution in [0.4, 0.5) is 0 Å². The third kappa shape index (κ3) is 3.07. The van der Waals surface area contributed by atoms with Crippen molar-refractivity contribution in [2.45, 2.75) is 25.8 Å². The lowest BCUT2D eigenvalue weighted by Crippen LogP contribution is -2.29. The first kappa shape index (κ1) is 14.9. The van der Waals surface area contributed by atoms with Crippen LogP contribution in [0.1, 0.15) is 30.0 Å². The van der Waals surface area contributed by atoms with Crippen molar-refractivity contribution < 1.29 is 9.21 Å². The summed E-state index contributed by atoms with van der Waals surface area (Å²) in [7, 11) is 1.84. The van der Waals surface area contributed by atoms with Crippen molar-refractivity contribution in [3.63, 3.8) is 0 Å². The maximum atomic E-state index is 12.4. The van der Waals surface area contributed by atoms with Crippen LogP contribution in [0.25, 0.3) is 11.0 Å². The number of amides is 1. The van der Waals surface area contributed by atoms with Gasteiger partial charge in [0, 0.05) is 23.7 Å². The molecule has 3 nitrogen and oxygen atoms in total. The largest absolute Gasteiger partial charge is 0.459 e. The molecule has 3 rings (SSSR count). The molecule has 3 aromatic rings. The van der Waals surface area contributed by atoms with E-state index in [9.17, 15) is 4.79 Å². The average molecular weight is 313 g/mol. The lowest BCUT2D eigenvalue weighted by Gasteiger charge is -2.23. The molecule has 0 bridgehead atoms. The van der Waals surface area contributed by atoms with Crippen LogP contribution in [0.15, 0.2) is 52.3 Å². The number of hydrogen-bond donors (Lipinski definition) is 0. The van der Waals surface area contributed by atoms with Gasteiger partial charge in [0.2, 0.25) is 5.91 Å². The first-order valence-corrected chi connectivity index (χ1v) is 8.29. The molecular weight excluding hydrogens is 294 g/mol. The molecule has 0 aliphatic heterocycles. The Hall–Kier alpha value is -2.07. The number of hydrogen-bond acceptors (Lipinski definition) is 3. The number of thiophene rings is 1. The molecule has 0 spiro atoms. The summed E-state index contributed by atoms with van der Waals surface area (Å²) in [6.07, 6.45) is 1.33. The van der Waals surface area contributed by atoms with Gasteiger partial charge >= 0.3 is 0 Å². The number of para-hydroxylation sites is 1. The zero-order chi connectivity index (χ0) is 15.5. The number of benzene rings is 1. The molecular formula is C18H19NO2S. The summed E-state index contributed by atoms with van der Waals surface area (Å²) in [5, 5.41) is 3.12. The molecule has 1 unspecified atom stereocenters. The van der Waals surface area contributed by atoms with Gasteiger partial charge in [-0.25, -0.2) is 0 Å². The quantitative estimate of drug-likeness (QED) is 0.687. The lowest BCUT2D eigenvalue weighted by atomic mass is 10.1. The van der Waals surface area contributed by atoms with Crippen molar-refractivity contribution >= 4 is 28.2 Å². The molecule has 1 atom stereocenters. The maximum Gasteiger partial charge on any atom is 0.223 e. The first-order chi connectivity index (χ1) is 10.6. The molecule has 114 valence electrons. The molecule has 0 saturated carbocycles. The fraction of sp³-hybridized carbons (Fsp3) is 0.278. The fourth-order valence-electron chi connectivity index (χ4n) is 2.48. The predicted molar refractivity (Wildman–Crippen MR) is 90.0 cm³/mol. The molecule has 1 amide bonds. The number of nitrogens with zero attached hydrogens (tertiary/aromatic N) is 1. The Morgan fingerprint density at radius 2 is 2.09 bits per heavy atom. The summed E-state index contributed by atoms with van der Waals surface area (Å²) in [5.74, 6) is 0.967. The molecule has 4 heteroatoms. The summed E-state index contributed by atoms with van der Waals surface area (Å²) in [5.41, 5.74) is 0.865. The Morgan fingerprint density at radius 1 is 1.27 bits per heavy atom. The normalized spacial score (nSPS) is 12.5. The summed E-state index contributed by atoms with van der Waals surface area (Å²) < 4.78 is 5.86. The van der Waals surface area contributed by atoms with Gasteiger partial charge in [-0.3, -0.25) is 4.79 Å². The molecule has 0 fully saturated rings. The maximum absolute atomic E-state index is 12.4. The van der Waals surface area contributed by atoms with Crippen LogP contribution in [-0.4, -0.2) is 17.9 Å². The van der Waals surface area contributed by atoms with E-state index < -0.39 is 0 Å². The van der Waals surface area contributed by atoms with Gasteiger partial charge in [0.25, 0.3) is 0 Å². The van der Waals surface area contributed by atoms with Gasteiger partial charge in [-0.1, -0.05) is 24.3 Å². The third-order valence-corrected chi connectivity index (χ3v) is 4.93. The number of carbonyl (C=O) groups is 1. The zero-order valence-electron chi connectivity index (χ0n) is 12.8. The molecule has 0 radical (unpaired) electrons. The summed E-state index contributed by atoms with van der Waals surface area (Å²) >= 11 is 1.70. The van der Waals surface area contributed by atoms with Gasteiger partial charge in [0.05, 0.1) is 6.04 Å². The molecule has 22 heavy (non-hydrogen) atoms. The van der Waals surface area contributed by atoms with Gasteiger partial charge in [0.15, 0.2) is 0 Å². The molecule has 0 aliphatic rings. The van der Waals surface area contributed by atoms with Crippen molar-refractivity contribution in [3.05, 3.63) is 58.5 Å². The van der Waals surface area contributed by atoms with E-state index >= 15 is 0 Å². The van der Waals surface area contributed by atoms with Crippen molar-refractivity contribution in [1.82, 2.24) is 4.90 Å². The van der Waals surface area contributed by atoms with E-state index in [1.807, 2.05) is 55.7 Å². The van der Waals surface area contributed by atoms with Gasteiger partial charge in [-0.15, -0.1) is 11.3 Å².